The van der Waals surface area contributed by atoms with E-state index in [1.807, 2.05) is 0 Å². The first-order valence-corrected chi connectivity index (χ1v) is 4.23. The number of hydrogen-bond donors (Lipinski definition) is 0. The zero-order chi connectivity index (χ0) is 9.54. The van der Waals surface area contributed by atoms with Crippen LogP contribution in [0.15, 0.2) is 50.4 Å². The lowest BCUT2D eigenvalue weighted by Crippen LogP contribution is -1.95. The van der Waals surface area contributed by atoms with E-state index in [9.17, 15) is 4.79 Å². The summed E-state index contributed by atoms with van der Waals surface area (Å²) in [7, 11) is 0. The van der Waals surface area contributed by atoms with Gasteiger partial charge in [-0.1, -0.05) is 0 Å². The van der Waals surface area contributed by atoms with Gasteiger partial charge in [0.05, 0.1) is 17.9 Å². The maximum Gasteiger partial charge on any atom is 0.182 e. The Balaban J connectivity index is 2.75. The first-order chi connectivity index (χ1) is 6.84. The summed E-state index contributed by atoms with van der Waals surface area (Å²) in [5, 5.41) is 1.70. The van der Waals surface area contributed by atoms with Crippen LogP contribution < -0.4 is 5.43 Å². The third-order valence-corrected chi connectivity index (χ3v) is 2.21. The quantitative estimate of drug-likeness (QED) is 0.541. The van der Waals surface area contributed by atoms with Crippen LogP contribution in [0, 0.1) is 0 Å². The molecule has 0 aliphatic heterocycles. The minimum absolute atomic E-state index is 0.0556. The summed E-state index contributed by atoms with van der Waals surface area (Å²) in [5.41, 5.74) is 1.23. The van der Waals surface area contributed by atoms with Crippen molar-refractivity contribution < 1.29 is 8.83 Å². The summed E-state index contributed by atoms with van der Waals surface area (Å²) in [6.45, 7) is 0. The molecule has 0 bridgehead atoms. The number of benzene rings is 1. The predicted octanol–water partition coefficient (Wildman–Crippen LogP) is 2.54. The van der Waals surface area contributed by atoms with Gasteiger partial charge in [-0.3, -0.25) is 4.79 Å². The van der Waals surface area contributed by atoms with Gasteiger partial charge in [-0.15, -0.1) is 0 Å². The van der Waals surface area contributed by atoms with Crippen LogP contribution in [0.5, 0.6) is 0 Å². The molecule has 2 aromatic heterocycles. The molecule has 0 N–H and O–H groups in total. The average molecular weight is 186 g/mol. The third-order valence-electron chi connectivity index (χ3n) is 2.21. The largest absolute Gasteiger partial charge is 0.464 e. The topological polar surface area (TPSA) is 43.4 Å². The summed E-state index contributed by atoms with van der Waals surface area (Å²) in [6.07, 6.45) is 3.08. The maximum atomic E-state index is 11.3. The molecule has 0 aliphatic carbocycles. The molecule has 0 fully saturated rings. The van der Waals surface area contributed by atoms with E-state index in [4.69, 9.17) is 8.83 Å². The zero-order valence-corrected chi connectivity index (χ0v) is 7.19. The van der Waals surface area contributed by atoms with Crippen LogP contribution in [0.2, 0.25) is 0 Å². The van der Waals surface area contributed by atoms with Crippen molar-refractivity contribution in [1.82, 2.24) is 0 Å². The second-order valence-corrected chi connectivity index (χ2v) is 3.09. The minimum Gasteiger partial charge on any atom is -0.464 e. The van der Waals surface area contributed by atoms with Crippen molar-refractivity contribution in [3.05, 3.63) is 47.0 Å². The van der Waals surface area contributed by atoms with Crippen LogP contribution >= 0.6 is 0 Å². The van der Waals surface area contributed by atoms with E-state index in [1.54, 1.807) is 24.5 Å². The van der Waals surface area contributed by atoms with Crippen LogP contribution in [0.4, 0.5) is 0 Å². The lowest BCUT2D eigenvalue weighted by Gasteiger charge is -2.01. The van der Waals surface area contributed by atoms with E-state index in [-0.39, 0.29) is 5.43 Å². The lowest BCUT2D eigenvalue weighted by atomic mass is 10.1. The summed E-state index contributed by atoms with van der Waals surface area (Å²) in [6, 6.07) is 6.53. The zero-order valence-electron chi connectivity index (χ0n) is 7.19. The Morgan fingerprint density at radius 2 is 1.71 bits per heavy atom. The summed E-state index contributed by atoms with van der Waals surface area (Å²) in [4.78, 5) is 11.3. The molecule has 3 heteroatoms. The summed E-state index contributed by atoms with van der Waals surface area (Å²) in [5.74, 6) is 0. The molecule has 68 valence electrons. The Morgan fingerprint density at radius 1 is 0.929 bits per heavy atom. The van der Waals surface area contributed by atoms with Gasteiger partial charge >= 0.3 is 0 Å². The summed E-state index contributed by atoms with van der Waals surface area (Å²) >= 11 is 0. The standard InChI is InChI=1S/C11H6O3/c12-8-5-7-1-3-13-9-2-4-14-10(6-8)11(7)9/h1-6H. The molecule has 3 rings (SSSR count). The highest BCUT2D eigenvalue weighted by molar-refractivity contribution is 6.04. The normalized spacial score (nSPS) is 11.1. The fourth-order valence-electron chi connectivity index (χ4n) is 1.63. The minimum atomic E-state index is -0.0556. The molecule has 14 heavy (non-hydrogen) atoms. The average Bonchev–Trinajstić information content (AvgIpc) is 2.18. The fourth-order valence-corrected chi connectivity index (χ4v) is 1.63. The lowest BCUT2D eigenvalue weighted by molar-refractivity contribution is 0.579. The predicted molar refractivity (Wildman–Crippen MR) is 52.3 cm³/mol. The smallest absolute Gasteiger partial charge is 0.182 e. The molecule has 0 spiro atoms. The van der Waals surface area contributed by atoms with Crippen LogP contribution in [0.25, 0.3) is 21.9 Å². The Kier molecular flexibility index (Phi) is 1.31. The van der Waals surface area contributed by atoms with Crippen LogP contribution in [0.1, 0.15) is 0 Å². The van der Waals surface area contributed by atoms with Gasteiger partial charge in [-0.05, 0) is 17.5 Å². The molecule has 0 radical (unpaired) electrons. The van der Waals surface area contributed by atoms with E-state index in [2.05, 4.69) is 0 Å². The number of hydrogen-bond acceptors (Lipinski definition) is 3. The van der Waals surface area contributed by atoms with E-state index in [1.165, 1.54) is 12.3 Å². The second kappa shape index (κ2) is 2.48. The maximum absolute atomic E-state index is 11.3. The van der Waals surface area contributed by atoms with Gasteiger partial charge < -0.3 is 8.83 Å². The van der Waals surface area contributed by atoms with Crippen molar-refractivity contribution in [2.45, 2.75) is 0 Å². The van der Waals surface area contributed by atoms with Gasteiger partial charge in [0, 0.05) is 12.1 Å². The van der Waals surface area contributed by atoms with Gasteiger partial charge in [0.25, 0.3) is 0 Å². The van der Waals surface area contributed by atoms with Crippen molar-refractivity contribution in [3.8, 4) is 0 Å². The highest BCUT2D eigenvalue weighted by Crippen LogP contribution is 2.24. The molecule has 3 aromatic rings. The molecule has 2 heterocycles. The van der Waals surface area contributed by atoms with Crippen molar-refractivity contribution in [2.75, 3.05) is 0 Å². The van der Waals surface area contributed by atoms with Crippen molar-refractivity contribution in [2.24, 2.45) is 0 Å². The van der Waals surface area contributed by atoms with E-state index in [0.29, 0.717) is 5.58 Å². The molecule has 3 nitrogen and oxygen atoms in total. The first-order valence-electron chi connectivity index (χ1n) is 4.23. The van der Waals surface area contributed by atoms with Crippen LogP contribution in [-0.4, -0.2) is 0 Å². The van der Waals surface area contributed by atoms with Crippen molar-refractivity contribution in [3.63, 3.8) is 0 Å². The Morgan fingerprint density at radius 3 is 2.64 bits per heavy atom. The highest BCUT2D eigenvalue weighted by atomic mass is 16.3. The fraction of sp³-hybridized carbons (Fsp3) is 0. The molecule has 0 saturated carbocycles. The van der Waals surface area contributed by atoms with E-state index >= 15 is 0 Å². The van der Waals surface area contributed by atoms with Gasteiger partial charge in [0.15, 0.2) is 5.43 Å². The highest BCUT2D eigenvalue weighted by Gasteiger charge is 2.05. The third kappa shape index (κ3) is 0.893. The Bertz CT molecular complexity index is 609. The van der Waals surface area contributed by atoms with Gasteiger partial charge in [0.1, 0.15) is 11.2 Å². The van der Waals surface area contributed by atoms with Crippen molar-refractivity contribution in [1.29, 1.82) is 0 Å². The Hall–Kier alpha value is -2.03. The first kappa shape index (κ1) is 7.38. The van der Waals surface area contributed by atoms with Gasteiger partial charge in [0.2, 0.25) is 0 Å². The molecular formula is C11H6O3. The monoisotopic (exact) mass is 186 g/mol. The Labute approximate surface area is 78.6 Å². The molecule has 0 unspecified atom stereocenters. The van der Waals surface area contributed by atoms with E-state index in [0.717, 1.165) is 16.4 Å². The molecular weight excluding hydrogens is 180 g/mol. The molecule has 0 amide bonds. The molecule has 0 aliphatic rings. The number of rotatable bonds is 0. The van der Waals surface area contributed by atoms with Crippen LogP contribution in [0.3, 0.4) is 0 Å². The second-order valence-electron chi connectivity index (χ2n) is 3.09. The SMILES string of the molecule is O=c1cc2ccoc3ccoc(c1)c23. The van der Waals surface area contributed by atoms with Gasteiger partial charge in [-0.25, -0.2) is 0 Å². The van der Waals surface area contributed by atoms with E-state index < -0.39 is 0 Å². The van der Waals surface area contributed by atoms with Crippen molar-refractivity contribution >= 4 is 21.9 Å². The van der Waals surface area contributed by atoms with Gasteiger partial charge in [-0.2, -0.15) is 0 Å². The molecule has 0 saturated heterocycles. The molecule has 1 aromatic carbocycles. The molecule has 0 atom stereocenters. The van der Waals surface area contributed by atoms with Crippen LogP contribution in [-0.2, 0) is 0 Å². The summed E-state index contributed by atoms with van der Waals surface area (Å²) < 4.78 is 10.5.